The Balaban J connectivity index is 2.00. The Morgan fingerprint density at radius 1 is 1.32 bits per heavy atom. The molecule has 3 rings (SSSR count). The van der Waals surface area contributed by atoms with Gasteiger partial charge >= 0.3 is 0 Å². The van der Waals surface area contributed by atoms with Crippen molar-refractivity contribution in [1.29, 1.82) is 0 Å². The number of fused-ring (bicyclic) bond motifs is 1. The fourth-order valence-electron chi connectivity index (χ4n) is 3.06. The molecule has 0 saturated carbocycles. The number of benzene rings is 1. The van der Waals surface area contributed by atoms with Crippen LogP contribution in [0.15, 0.2) is 36.7 Å². The van der Waals surface area contributed by atoms with Crippen LogP contribution in [-0.2, 0) is 4.74 Å². The van der Waals surface area contributed by atoms with Crippen LogP contribution in [0.2, 0.25) is 0 Å². The molecular formula is C16H20N2O. The summed E-state index contributed by atoms with van der Waals surface area (Å²) < 4.78 is 5.64. The lowest BCUT2D eigenvalue weighted by Crippen LogP contribution is -2.31. The van der Waals surface area contributed by atoms with Gasteiger partial charge in [-0.2, -0.15) is 0 Å². The average molecular weight is 256 g/mol. The first-order valence-electron chi connectivity index (χ1n) is 6.98. The Morgan fingerprint density at radius 3 is 3.00 bits per heavy atom. The van der Waals surface area contributed by atoms with E-state index in [4.69, 9.17) is 4.74 Å². The standard InChI is InChI=1S/C16H20N2O/c1-17-16(13-6-4-8-19-11-13)15-10-18-9-12-5-2-3-7-14(12)15/h2-3,5,7,9-10,13,16-17H,4,6,8,11H2,1H3. The molecule has 1 aliphatic rings. The predicted molar refractivity (Wildman–Crippen MR) is 77.1 cm³/mol. The summed E-state index contributed by atoms with van der Waals surface area (Å²) in [6.07, 6.45) is 6.30. The molecule has 0 aliphatic carbocycles. The normalized spacial score (nSPS) is 21.4. The largest absolute Gasteiger partial charge is 0.381 e. The summed E-state index contributed by atoms with van der Waals surface area (Å²) in [6.45, 7) is 1.75. The highest BCUT2D eigenvalue weighted by Crippen LogP contribution is 2.32. The Kier molecular flexibility index (Phi) is 3.76. The van der Waals surface area contributed by atoms with Gasteiger partial charge in [0.05, 0.1) is 6.61 Å². The van der Waals surface area contributed by atoms with Crippen molar-refractivity contribution in [1.82, 2.24) is 10.3 Å². The molecule has 2 heterocycles. The molecule has 0 bridgehead atoms. The third-order valence-corrected chi connectivity index (χ3v) is 4.01. The molecule has 1 saturated heterocycles. The molecule has 1 fully saturated rings. The number of hydrogen-bond donors (Lipinski definition) is 1. The molecule has 100 valence electrons. The van der Waals surface area contributed by atoms with Crippen LogP contribution >= 0.6 is 0 Å². The predicted octanol–water partition coefficient (Wildman–Crippen LogP) is 2.92. The minimum Gasteiger partial charge on any atom is -0.381 e. The second kappa shape index (κ2) is 5.68. The molecule has 2 unspecified atom stereocenters. The van der Waals surface area contributed by atoms with Gasteiger partial charge in [0, 0.05) is 36.3 Å². The Morgan fingerprint density at radius 2 is 2.21 bits per heavy atom. The van der Waals surface area contributed by atoms with E-state index in [1.165, 1.54) is 22.8 Å². The van der Waals surface area contributed by atoms with Crippen molar-refractivity contribution < 1.29 is 4.74 Å². The third kappa shape index (κ3) is 2.48. The van der Waals surface area contributed by atoms with Gasteiger partial charge in [-0.25, -0.2) is 0 Å². The number of nitrogens with zero attached hydrogens (tertiary/aromatic N) is 1. The molecule has 1 aliphatic heterocycles. The summed E-state index contributed by atoms with van der Waals surface area (Å²) in [7, 11) is 2.03. The fourth-order valence-corrected chi connectivity index (χ4v) is 3.06. The monoisotopic (exact) mass is 256 g/mol. The van der Waals surface area contributed by atoms with Gasteiger partial charge in [-0.3, -0.25) is 4.98 Å². The summed E-state index contributed by atoms with van der Waals surface area (Å²) in [4.78, 5) is 4.40. The summed E-state index contributed by atoms with van der Waals surface area (Å²) in [6, 6.07) is 8.77. The van der Waals surface area contributed by atoms with Crippen LogP contribution in [0, 0.1) is 5.92 Å². The van der Waals surface area contributed by atoms with E-state index < -0.39 is 0 Å². The smallest absolute Gasteiger partial charge is 0.0512 e. The van der Waals surface area contributed by atoms with Gasteiger partial charge in [-0.1, -0.05) is 24.3 Å². The minimum atomic E-state index is 0.318. The molecule has 3 heteroatoms. The summed E-state index contributed by atoms with van der Waals surface area (Å²) in [5.41, 5.74) is 1.29. The van der Waals surface area contributed by atoms with E-state index in [-0.39, 0.29) is 0 Å². The summed E-state index contributed by atoms with van der Waals surface area (Å²) >= 11 is 0. The minimum absolute atomic E-state index is 0.318. The van der Waals surface area contributed by atoms with E-state index in [9.17, 15) is 0 Å². The van der Waals surface area contributed by atoms with Crippen LogP contribution in [0.25, 0.3) is 10.8 Å². The van der Waals surface area contributed by atoms with E-state index in [1.807, 2.05) is 19.4 Å². The van der Waals surface area contributed by atoms with Crippen molar-refractivity contribution >= 4 is 10.8 Å². The Labute approximate surface area is 114 Å². The number of rotatable bonds is 3. The molecule has 1 aromatic heterocycles. The fraction of sp³-hybridized carbons (Fsp3) is 0.438. The second-order valence-electron chi connectivity index (χ2n) is 5.19. The van der Waals surface area contributed by atoms with E-state index in [1.54, 1.807) is 0 Å². The first kappa shape index (κ1) is 12.6. The topological polar surface area (TPSA) is 34.2 Å². The summed E-state index contributed by atoms with van der Waals surface area (Å²) in [5.74, 6) is 0.534. The van der Waals surface area contributed by atoms with Crippen molar-refractivity contribution in [2.75, 3.05) is 20.3 Å². The molecular weight excluding hydrogens is 236 g/mol. The van der Waals surface area contributed by atoms with E-state index in [0.717, 1.165) is 19.6 Å². The van der Waals surface area contributed by atoms with Crippen molar-refractivity contribution in [2.24, 2.45) is 5.92 Å². The lowest BCUT2D eigenvalue weighted by Gasteiger charge is -2.30. The van der Waals surface area contributed by atoms with Crippen LogP contribution < -0.4 is 5.32 Å². The average Bonchev–Trinajstić information content (AvgIpc) is 2.49. The summed E-state index contributed by atoms with van der Waals surface area (Å²) in [5, 5.41) is 5.96. The lowest BCUT2D eigenvalue weighted by atomic mass is 9.87. The zero-order valence-corrected chi connectivity index (χ0v) is 11.3. The van der Waals surface area contributed by atoms with E-state index in [0.29, 0.717) is 12.0 Å². The van der Waals surface area contributed by atoms with Gasteiger partial charge in [0.2, 0.25) is 0 Å². The maximum Gasteiger partial charge on any atom is 0.0512 e. The highest BCUT2D eigenvalue weighted by molar-refractivity contribution is 5.85. The Bertz CT molecular complexity index is 544. The molecule has 2 aromatic rings. The van der Waals surface area contributed by atoms with Gasteiger partial charge in [-0.05, 0) is 30.8 Å². The zero-order valence-electron chi connectivity index (χ0n) is 11.3. The highest BCUT2D eigenvalue weighted by Gasteiger charge is 2.25. The maximum absolute atomic E-state index is 5.64. The number of nitrogens with one attached hydrogen (secondary N) is 1. The maximum atomic E-state index is 5.64. The number of pyridine rings is 1. The highest BCUT2D eigenvalue weighted by atomic mass is 16.5. The van der Waals surface area contributed by atoms with Gasteiger partial charge in [0.25, 0.3) is 0 Å². The zero-order chi connectivity index (χ0) is 13.1. The molecule has 0 radical (unpaired) electrons. The number of ether oxygens (including phenoxy) is 1. The molecule has 1 aromatic carbocycles. The van der Waals surface area contributed by atoms with Crippen LogP contribution in [-0.4, -0.2) is 25.2 Å². The Hall–Kier alpha value is -1.45. The van der Waals surface area contributed by atoms with Crippen LogP contribution in [0.1, 0.15) is 24.4 Å². The van der Waals surface area contributed by atoms with Gasteiger partial charge in [-0.15, -0.1) is 0 Å². The van der Waals surface area contributed by atoms with E-state index in [2.05, 4.69) is 34.6 Å². The van der Waals surface area contributed by atoms with Crippen molar-refractivity contribution in [3.8, 4) is 0 Å². The first-order chi connectivity index (χ1) is 9.40. The number of aromatic nitrogens is 1. The van der Waals surface area contributed by atoms with Crippen molar-refractivity contribution in [2.45, 2.75) is 18.9 Å². The molecule has 0 amide bonds. The van der Waals surface area contributed by atoms with Crippen LogP contribution in [0.5, 0.6) is 0 Å². The van der Waals surface area contributed by atoms with Gasteiger partial charge in [0.1, 0.15) is 0 Å². The third-order valence-electron chi connectivity index (χ3n) is 4.01. The van der Waals surface area contributed by atoms with Crippen LogP contribution in [0.3, 0.4) is 0 Å². The number of hydrogen-bond acceptors (Lipinski definition) is 3. The first-order valence-corrected chi connectivity index (χ1v) is 6.98. The van der Waals surface area contributed by atoms with Crippen molar-refractivity contribution in [3.63, 3.8) is 0 Å². The molecule has 1 N–H and O–H groups in total. The molecule has 2 atom stereocenters. The SMILES string of the molecule is CNC(c1cncc2ccccc12)C1CCCOC1. The van der Waals surface area contributed by atoms with Crippen molar-refractivity contribution in [3.05, 3.63) is 42.2 Å². The van der Waals surface area contributed by atoms with E-state index >= 15 is 0 Å². The van der Waals surface area contributed by atoms with Gasteiger partial charge < -0.3 is 10.1 Å². The quantitative estimate of drug-likeness (QED) is 0.917. The molecule has 0 spiro atoms. The molecule has 19 heavy (non-hydrogen) atoms. The second-order valence-corrected chi connectivity index (χ2v) is 5.19. The van der Waals surface area contributed by atoms with Crippen LogP contribution in [0.4, 0.5) is 0 Å². The molecule has 3 nitrogen and oxygen atoms in total. The van der Waals surface area contributed by atoms with Gasteiger partial charge in [0.15, 0.2) is 0 Å². The lowest BCUT2D eigenvalue weighted by molar-refractivity contribution is 0.0403.